The summed E-state index contributed by atoms with van der Waals surface area (Å²) in [6.45, 7) is 15.3. The second kappa shape index (κ2) is 16.4. The van der Waals surface area contributed by atoms with E-state index in [1.807, 2.05) is 32.0 Å². The van der Waals surface area contributed by atoms with Crippen molar-refractivity contribution in [1.29, 1.82) is 4.78 Å². The van der Waals surface area contributed by atoms with Crippen molar-refractivity contribution in [1.82, 2.24) is 4.90 Å². The van der Waals surface area contributed by atoms with Crippen molar-refractivity contribution in [3.05, 3.63) is 94.0 Å². The average molecular weight is 733 g/mol. The molecule has 5 atom stereocenters. The van der Waals surface area contributed by atoms with Crippen LogP contribution in [0.1, 0.15) is 76.2 Å². The molecule has 1 fully saturated rings. The first kappa shape index (κ1) is 39.8. The van der Waals surface area contributed by atoms with Gasteiger partial charge >= 0.3 is 5.97 Å². The number of nitrogens with one attached hydrogen (secondary N) is 2. The van der Waals surface area contributed by atoms with Crippen LogP contribution < -0.4 is 10.1 Å². The molecule has 2 aromatic rings. The molecule has 1 saturated heterocycles. The van der Waals surface area contributed by atoms with Crippen LogP contribution in [0.3, 0.4) is 0 Å². The number of carbonyl (C=O) groups is 3. The van der Waals surface area contributed by atoms with E-state index in [9.17, 15) is 23.7 Å². The number of carboxylic acid groups (broad SMARTS) is 1. The third kappa shape index (κ3) is 9.55. The molecule has 9 nitrogen and oxygen atoms in total. The smallest absolute Gasteiger partial charge is 0.339 e. The summed E-state index contributed by atoms with van der Waals surface area (Å²) >= 11 is 12.8. The van der Waals surface area contributed by atoms with E-state index >= 15 is 0 Å². The van der Waals surface area contributed by atoms with Gasteiger partial charge in [-0.05, 0) is 60.7 Å². The SMILES string of the molecule is C=C(/C=C\C(Cl)=C/C)[C@@H]1[C@@H](c2cccc(Cl)c2)C[C@](C)(CC(=O)Nc2ccc(C(=O)O)c(OC)c2)C(=O)N1[C@H](CS(=N)(=O)C(C)C)C(C)C. The largest absolute Gasteiger partial charge is 0.496 e. The molecule has 2 aromatic carbocycles. The van der Waals surface area contributed by atoms with E-state index < -0.39 is 50.3 Å². The maximum Gasteiger partial charge on any atom is 0.339 e. The van der Waals surface area contributed by atoms with Crippen molar-refractivity contribution in [3.8, 4) is 5.75 Å². The predicted molar refractivity (Wildman–Crippen MR) is 198 cm³/mol. The highest BCUT2D eigenvalue weighted by atomic mass is 35.5. The Morgan fingerprint density at radius 1 is 1.20 bits per heavy atom. The molecule has 0 aromatic heterocycles. The van der Waals surface area contributed by atoms with Gasteiger partial charge in [0.05, 0.1) is 24.3 Å². The monoisotopic (exact) mass is 731 g/mol. The lowest BCUT2D eigenvalue weighted by Crippen LogP contribution is -2.62. The molecular formula is C37H47Cl2N3O6S. The fourth-order valence-electron chi connectivity index (χ4n) is 6.22. The standard InChI is InChI=1S/C37H47Cl2N3O6S/c1-9-26(38)14-13-24(6)34-30(25-11-10-12-27(39)17-25)19-37(7,36(46)42(34)31(22(2)3)21-49(40,47)23(4)5)20-33(43)41-28-15-16-29(35(44)45)32(18-28)48-8/h9-18,22-23,30-31,34,40H,6,19-21H2,1-5,7-8H3,(H,41,43)(H,44,45)/b14-13-,26-9+/t30-,31-,34-,37-,49?/m1/s1. The van der Waals surface area contributed by atoms with E-state index in [1.165, 1.54) is 25.3 Å². The summed E-state index contributed by atoms with van der Waals surface area (Å²) < 4.78 is 27.7. The van der Waals surface area contributed by atoms with E-state index in [-0.39, 0.29) is 41.7 Å². The quantitative estimate of drug-likeness (QED) is 0.167. The minimum absolute atomic E-state index is 0.0574. The number of piperidine rings is 1. The predicted octanol–water partition coefficient (Wildman–Crippen LogP) is 8.50. The number of amides is 2. The number of anilines is 1. The molecule has 49 heavy (non-hydrogen) atoms. The number of allylic oxidation sites excluding steroid dienone is 3. The van der Waals surface area contributed by atoms with Crippen molar-refractivity contribution in [3.63, 3.8) is 0 Å². The van der Waals surface area contributed by atoms with Gasteiger partial charge in [-0.25, -0.2) is 9.00 Å². The number of halogens is 2. The Labute approximate surface area is 300 Å². The van der Waals surface area contributed by atoms with Crippen molar-refractivity contribution in [2.45, 2.75) is 77.6 Å². The van der Waals surface area contributed by atoms with Crippen LogP contribution in [0.4, 0.5) is 5.69 Å². The molecule has 2 amide bonds. The number of hydrogen-bond acceptors (Lipinski definition) is 6. The van der Waals surface area contributed by atoms with E-state index in [0.717, 1.165) is 5.56 Å². The molecule has 266 valence electrons. The maximum atomic E-state index is 15.0. The van der Waals surface area contributed by atoms with Crippen LogP contribution >= 0.6 is 23.2 Å². The lowest BCUT2D eigenvalue weighted by Gasteiger charge is -2.53. The Morgan fingerprint density at radius 3 is 2.43 bits per heavy atom. The summed E-state index contributed by atoms with van der Waals surface area (Å²) in [4.78, 5) is 42.0. The van der Waals surface area contributed by atoms with Crippen molar-refractivity contribution >= 4 is 56.4 Å². The second-order valence-electron chi connectivity index (χ2n) is 13.4. The summed E-state index contributed by atoms with van der Waals surface area (Å²) in [5.41, 5.74) is 0.419. The number of benzene rings is 2. The third-order valence-corrected chi connectivity index (χ3v) is 12.0. The summed E-state index contributed by atoms with van der Waals surface area (Å²) in [6.07, 6.45) is 5.24. The maximum absolute atomic E-state index is 15.0. The zero-order chi connectivity index (χ0) is 36.8. The Bertz CT molecular complexity index is 1750. The summed E-state index contributed by atoms with van der Waals surface area (Å²) in [6, 6.07) is 10.3. The summed E-state index contributed by atoms with van der Waals surface area (Å²) in [7, 11) is -1.79. The molecule has 0 radical (unpaired) electrons. The molecule has 3 N–H and O–H groups in total. The fourth-order valence-corrected chi connectivity index (χ4v) is 7.92. The van der Waals surface area contributed by atoms with E-state index in [0.29, 0.717) is 21.3 Å². The van der Waals surface area contributed by atoms with Crippen LogP contribution in [0.5, 0.6) is 5.75 Å². The molecule has 1 aliphatic heterocycles. The van der Waals surface area contributed by atoms with E-state index in [1.54, 1.807) is 56.9 Å². The van der Waals surface area contributed by atoms with Gasteiger partial charge in [-0.1, -0.05) is 88.7 Å². The van der Waals surface area contributed by atoms with Gasteiger partial charge in [0.15, 0.2) is 0 Å². The lowest BCUT2D eigenvalue weighted by atomic mass is 9.66. The van der Waals surface area contributed by atoms with Gasteiger partial charge in [-0.15, -0.1) is 0 Å². The minimum Gasteiger partial charge on any atom is -0.496 e. The molecule has 12 heteroatoms. The van der Waals surface area contributed by atoms with Gasteiger partial charge in [0.2, 0.25) is 11.8 Å². The highest BCUT2D eigenvalue weighted by Gasteiger charge is 2.53. The Hall–Kier alpha value is -3.60. The molecular weight excluding hydrogens is 685 g/mol. The van der Waals surface area contributed by atoms with Crippen molar-refractivity contribution < 1.29 is 28.4 Å². The van der Waals surface area contributed by atoms with Crippen LogP contribution in [-0.2, 0) is 19.3 Å². The van der Waals surface area contributed by atoms with Gasteiger partial charge in [-0.2, -0.15) is 0 Å². The topological polar surface area (TPSA) is 137 Å². The number of rotatable bonds is 14. The van der Waals surface area contributed by atoms with Crippen molar-refractivity contribution in [2.75, 3.05) is 18.2 Å². The molecule has 1 heterocycles. The zero-order valence-corrected chi connectivity index (χ0v) is 31.4. The molecule has 0 saturated carbocycles. The first-order valence-electron chi connectivity index (χ1n) is 16.1. The Kier molecular flexibility index (Phi) is 13.3. The van der Waals surface area contributed by atoms with Crippen LogP contribution in [0.25, 0.3) is 0 Å². The number of carbonyl (C=O) groups excluding carboxylic acids is 2. The first-order valence-corrected chi connectivity index (χ1v) is 18.6. The molecule has 0 bridgehead atoms. The number of likely N-dealkylation sites (tertiary alicyclic amines) is 1. The molecule has 1 unspecified atom stereocenters. The van der Waals surface area contributed by atoms with E-state index in [2.05, 4.69) is 11.9 Å². The van der Waals surface area contributed by atoms with Gasteiger partial charge < -0.3 is 20.1 Å². The molecule has 1 aliphatic rings. The molecule has 0 spiro atoms. The number of methoxy groups -OCH3 is 1. The zero-order valence-electron chi connectivity index (χ0n) is 29.1. The number of carboxylic acids is 1. The van der Waals surface area contributed by atoms with Gasteiger partial charge in [0, 0.05) is 55.2 Å². The Balaban J connectivity index is 2.20. The van der Waals surface area contributed by atoms with Gasteiger partial charge in [-0.3, -0.25) is 14.4 Å². The number of ether oxygens (including phenoxy) is 1. The Morgan fingerprint density at radius 2 is 1.88 bits per heavy atom. The number of hydrogen-bond donors (Lipinski definition) is 3. The van der Waals surface area contributed by atoms with Crippen LogP contribution in [0.15, 0.2) is 77.9 Å². The highest BCUT2D eigenvalue weighted by Crippen LogP contribution is 2.49. The van der Waals surface area contributed by atoms with Crippen molar-refractivity contribution in [2.24, 2.45) is 11.3 Å². The fraction of sp³-hybridized carbons (Fsp3) is 0.432. The lowest BCUT2D eigenvalue weighted by molar-refractivity contribution is -0.155. The number of aromatic carboxylic acids is 1. The highest BCUT2D eigenvalue weighted by molar-refractivity contribution is 7.93. The normalized spacial score (nSPS) is 21.9. The van der Waals surface area contributed by atoms with Crippen LogP contribution in [0, 0.1) is 16.1 Å². The third-order valence-electron chi connectivity index (χ3n) is 9.06. The van der Waals surface area contributed by atoms with Gasteiger partial charge in [0.1, 0.15) is 11.3 Å². The van der Waals surface area contributed by atoms with Crippen LogP contribution in [0.2, 0.25) is 5.02 Å². The van der Waals surface area contributed by atoms with Crippen LogP contribution in [-0.4, -0.2) is 62.2 Å². The second-order valence-corrected chi connectivity index (χ2v) is 17.0. The molecule has 0 aliphatic carbocycles. The average Bonchev–Trinajstić information content (AvgIpc) is 3.02. The number of nitrogens with zero attached hydrogens (tertiary/aromatic N) is 1. The first-order chi connectivity index (χ1) is 22.8. The minimum atomic E-state index is -3.13. The summed E-state index contributed by atoms with van der Waals surface area (Å²) in [5, 5.41) is 12.8. The molecule has 3 rings (SSSR count). The van der Waals surface area contributed by atoms with Gasteiger partial charge in [0.25, 0.3) is 0 Å². The van der Waals surface area contributed by atoms with E-state index in [4.69, 9.17) is 32.7 Å². The summed E-state index contributed by atoms with van der Waals surface area (Å²) in [5.74, 6) is -2.54.